The average Bonchev–Trinajstić information content (AvgIpc) is 3.16. The first-order valence-electron chi connectivity index (χ1n) is 9.79. The van der Waals surface area contributed by atoms with E-state index in [1.54, 1.807) is 23.6 Å². The number of carbonyl (C=O) groups excluding carboxylic acids is 1. The number of thiophene rings is 1. The fraction of sp³-hybridized carbons (Fsp3) is 0.261. The zero-order valence-corrected chi connectivity index (χ0v) is 19.1. The Bertz CT molecular complexity index is 1210. The average molecular weight is 460 g/mol. The van der Waals surface area contributed by atoms with Gasteiger partial charge in [-0.15, -0.1) is 11.3 Å². The van der Waals surface area contributed by atoms with E-state index in [1.165, 1.54) is 17.4 Å². The number of carbonyl (C=O) groups is 1. The van der Waals surface area contributed by atoms with Crippen molar-refractivity contribution in [3.05, 3.63) is 74.5 Å². The van der Waals surface area contributed by atoms with Crippen molar-refractivity contribution in [3.8, 4) is 0 Å². The summed E-state index contributed by atoms with van der Waals surface area (Å²) in [6.07, 6.45) is 11.3. The summed E-state index contributed by atoms with van der Waals surface area (Å²) in [6, 6.07) is 4.67. The highest BCUT2D eigenvalue weighted by Crippen LogP contribution is 2.39. The van der Waals surface area contributed by atoms with Gasteiger partial charge >= 0.3 is 0 Å². The van der Waals surface area contributed by atoms with Gasteiger partial charge in [-0.25, -0.2) is 8.42 Å². The molecular weight excluding hydrogens is 438 g/mol. The lowest BCUT2D eigenvalue weighted by atomic mass is 9.87. The Morgan fingerprint density at radius 1 is 1.17 bits per heavy atom. The highest BCUT2D eigenvalue weighted by atomic mass is 35.5. The van der Waals surface area contributed by atoms with Gasteiger partial charge in [0, 0.05) is 26.4 Å². The maximum absolute atomic E-state index is 13.3. The van der Waals surface area contributed by atoms with Crippen molar-refractivity contribution >= 4 is 50.5 Å². The number of hydrogen-bond acceptors (Lipinski definition) is 4. The molecule has 0 saturated heterocycles. The van der Waals surface area contributed by atoms with Crippen LogP contribution in [0.5, 0.6) is 0 Å². The fourth-order valence-electron chi connectivity index (χ4n) is 3.88. The molecule has 2 aliphatic rings. The van der Waals surface area contributed by atoms with Crippen LogP contribution in [0.1, 0.15) is 53.4 Å². The zero-order chi connectivity index (χ0) is 21.5. The number of fused-ring (bicyclic) bond motifs is 1. The van der Waals surface area contributed by atoms with Gasteiger partial charge in [0.25, 0.3) is 10.0 Å². The first-order valence-corrected chi connectivity index (χ1v) is 12.5. The molecule has 0 amide bonds. The van der Waals surface area contributed by atoms with Crippen LogP contribution < -0.4 is 4.72 Å². The molecule has 4 rings (SSSR count). The molecule has 156 valence electrons. The molecule has 4 nitrogen and oxygen atoms in total. The second-order valence-corrected chi connectivity index (χ2v) is 10.7. The van der Waals surface area contributed by atoms with Crippen LogP contribution in [-0.4, -0.2) is 14.2 Å². The van der Waals surface area contributed by atoms with E-state index < -0.39 is 10.0 Å². The van der Waals surface area contributed by atoms with Gasteiger partial charge in [0.15, 0.2) is 5.78 Å². The summed E-state index contributed by atoms with van der Waals surface area (Å²) >= 11 is 7.57. The van der Waals surface area contributed by atoms with Crippen LogP contribution >= 0.6 is 22.9 Å². The van der Waals surface area contributed by atoms with E-state index in [0.717, 1.165) is 23.3 Å². The minimum atomic E-state index is -3.86. The van der Waals surface area contributed by atoms with E-state index in [2.05, 4.69) is 10.8 Å². The topological polar surface area (TPSA) is 63.2 Å². The smallest absolute Gasteiger partial charge is 0.263 e. The number of sulfonamides is 1. The maximum Gasteiger partial charge on any atom is 0.263 e. The summed E-state index contributed by atoms with van der Waals surface area (Å²) in [5, 5.41) is 2.06. The fourth-order valence-corrected chi connectivity index (χ4v) is 6.92. The second kappa shape index (κ2) is 8.17. The Morgan fingerprint density at radius 3 is 2.70 bits per heavy atom. The predicted octanol–water partition coefficient (Wildman–Crippen LogP) is 6.43. The van der Waals surface area contributed by atoms with Crippen LogP contribution in [0.2, 0.25) is 5.02 Å². The van der Waals surface area contributed by atoms with Crippen molar-refractivity contribution < 1.29 is 13.2 Å². The summed E-state index contributed by atoms with van der Waals surface area (Å²) < 4.78 is 29.2. The SMILES string of the molecule is CC1CC=CC=C1C(=O)c1cc(Cl)ccc1NS(=O)(=O)c1csc2c1C(C)CC=C2. The van der Waals surface area contributed by atoms with Crippen LogP contribution in [0, 0.1) is 5.92 Å². The first-order chi connectivity index (χ1) is 14.3. The molecule has 2 unspecified atom stereocenters. The predicted molar refractivity (Wildman–Crippen MR) is 124 cm³/mol. The molecule has 1 N–H and O–H groups in total. The Hall–Kier alpha value is -2.15. The number of anilines is 1. The molecule has 1 heterocycles. The Labute approximate surface area is 186 Å². The van der Waals surface area contributed by atoms with Crippen molar-refractivity contribution in [1.82, 2.24) is 0 Å². The molecule has 0 aliphatic heterocycles. The van der Waals surface area contributed by atoms with Gasteiger partial charge in [-0.1, -0.05) is 49.8 Å². The van der Waals surface area contributed by atoms with Crippen molar-refractivity contribution in [2.24, 2.45) is 5.92 Å². The molecule has 0 radical (unpaired) electrons. The van der Waals surface area contributed by atoms with Gasteiger partial charge in [0.05, 0.1) is 5.69 Å². The molecule has 7 heteroatoms. The molecule has 1 aromatic heterocycles. The van der Waals surface area contributed by atoms with Crippen LogP contribution in [0.3, 0.4) is 0 Å². The van der Waals surface area contributed by atoms with E-state index in [-0.39, 0.29) is 33.8 Å². The van der Waals surface area contributed by atoms with Crippen molar-refractivity contribution in [2.45, 2.75) is 37.5 Å². The van der Waals surface area contributed by atoms with Gasteiger partial charge in [-0.2, -0.15) is 0 Å². The monoisotopic (exact) mass is 459 g/mol. The van der Waals surface area contributed by atoms with Crippen LogP contribution in [0.4, 0.5) is 5.69 Å². The number of benzene rings is 1. The van der Waals surface area contributed by atoms with Gasteiger partial charge < -0.3 is 0 Å². The van der Waals surface area contributed by atoms with Crippen molar-refractivity contribution in [3.63, 3.8) is 0 Å². The number of nitrogens with one attached hydrogen (secondary N) is 1. The maximum atomic E-state index is 13.3. The van der Waals surface area contributed by atoms with Crippen molar-refractivity contribution in [1.29, 1.82) is 0 Å². The Balaban J connectivity index is 1.73. The first kappa shape index (κ1) is 21.1. The summed E-state index contributed by atoms with van der Waals surface area (Å²) in [5.74, 6) is -0.0349. The van der Waals surface area contributed by atoms with Gasteiger partial charge in [0.1, 0.15) is 4.90 Å². The summed E-state index contributed by atoms with van der Waals surface area (Å²) in [4.78, 5) is 14.5. The van der Waals surface area contributed by atoms with Gasteiger partial charge in [-0.05, 0) is 54.5 Å². The van der Waals surface area contributed by atoms with Gasteiger partial charge in [0.2, 0.25) is 0 Å². The minimum absolute atomic E-state index is 0.0578. The third kappa shape index (κ3) is 3.92. The lowest BCUT2D eigenvalue weighted by Gasteiger charge is -2.19. The minimum Gasteiger partial charge on any atom is -0.289 e. The standard InChI is InChI=1S/C23H22ClNO3S2/c1-14-6-3-4-8-17(14)23(26)18-12-16(24)10-11-19(18)25-30(27,28)21-13-29-20-9-5-7-15(2)22(20)21/h3-5,8-15,25H,6-7H2,1-2H3. The number of halogens is 1. The zero-order valence-electron chi connectivity index (χ0n) is 16.7. The Morgan fingerprint density at radius 2 is 1.93 bits per heavy atom. The third-order valence-corrected chi connectivity index (χ3v) is 8.28. The lowest BCUT2D eigenvalue weighted by Crippen LogP contribution is -2.19. The van der Waals surface area contributed by atoms with Gasteiger partial charge in [-0.3, -0.25) is 9.52 Å². The lowest BCUT2D eigenvalue weighted by molar-refractivity contribution is 0.102. The molecule has 1 aromatic carbocycles. The quantitative estimate of drug-likeness (QED) is 0.524. The number of hydrogen-bond donors (Lipinski definition) is 1. The largest absolute Gasteiger partial charge is 0.289 e. The third-order valence-electron chi connectivity index (χ3n) is 5.53. The molecule has 0 fully saturated rings. The molecule has 2 aliphatic carbocycles. The van der Waals surface area contributed by atoms with Crippen molar-refractivity contribution in [2.75, 3.05) is 4.72 Å². The molecule has 2 atom stereocenters. The summed E-state index contributed by atoms with van der Waals surface area (Å²) in [7, 11) is -3.86. The number of Topliss-reactive ketones (excluding diaryl/α,β-unsaturated/α-hetero) is 1. The summed E-state index contributed by atoms with van der Waals surface area (Å²) in [6.45, 7) is 4.00. The molecule has 0 spiro atoms. The van der Waals surface area contributed by atoms with E-state index in [4.69, 9.17) is 11.6 Å². The van der Waals surface area contributed by atoms with Crippen LogP contribution in [-0.2, 0) is 10.0 Å². The van der Waals surface area contributed by atoms with E-state index in [9.17, 15) is 13.2 Å². The highest BCUT2D eigenvalue weighted by Gasteiger charge is 2.29. The number of ketones is 1. The number of rotatable bonds is 5. The van der Waals surface area contributed by atoms with E-state index in [1.807, 2.05) is 32.1 Å². The Kier molecular flexibility index (Phi) is 5.75. The molecule has 30 heavy (non-hydrogen) atoms. The molecule has 0 bridgehead atoms. The van der Waals surface area contributed by atoms with E-state index >= 15 is 0 Å². The highest BCUT2D eigenvalue weighted by molar-refractivity contribution is 7.93. The number of allylic oxidation sites excluding steroid dienone is 5. The van der Waals surface area contributed by atoms with Crippen LogP contribution in [0.25, 0.3) is 6.08 Å². The molecule has 0 saturated carbocycles. The molecule has 2 aromatic rings. The normalized spacial score (nSPS) is 20.6. The van der Waals surface area contributed by atoms with E-state index in [0.29, 0.717) is 10.6 Å². The molecular formula is C23H22ClNO3S2. The van der Waals surface area contributed by atoms with Crippen LogP contribution in [0.15, 0.2) is 58.4 Å². The summed E-state index contributed by atoms with van der Waals surface area (Å²) in [5.41, 5.74) is 1.99. The second-order valence-electron chi connectivity index (χ2n) is 7.73.